The van der Waals surface area contributed by atoms with E-state index >= 15 is 0 Å². The highest BCUT2D eigenvalue weighted by Gasteiger charge is 2.65. The van der Waals surface area contributed by atoms with Crippen molar-refractivity contribution in [2.75, 3.05) is 6.61 Å². The molecule has 2 amide bonds. The highest BCUT2D eigenvalue weighted by molar-refractivity contribution is 6.05. The highest BCUT2D eigenvalue weighted by Crippen LogP contribution is 2.51. The molecule has 1 saturated heterocycles. The summed E-state index contributed by atoms with van der Waals surface area (Å²) in [6.07, 6.45) is 23.7. The number of piperidine rings is 1. The summed E-state index contributed by atoms with van der Waals surface area (Å²) in [5.74, 6) is 4.20. The van der Waals surface area contributed by atoms with E-state index in [9.17, 15) is 19.2 Å². The summed E-state index contributed by atoms with van der Waals surface area (Å²) >= 11 is 0. The van der Waals surface area contributed by atoms with Crippen LogP contribution in [0.3, 0.4) is 0 Å². The van der Waals surface area contributed by atoms with Crippen LogP contribution in [0.4, 0.5) is 0 Å². The van der Waals surface area contributed by atoms with Gasteiger partial charge in [0.2, 0.25) is 0 Å². The van der Waals surface area contributed by atoms with E-state index < -0.39 is 35.3 Å². The molecule has 51 heavy (non-hydrogen) atoms. The standard InChI is InChI=1S/C21H29N3O2.C15H26O.C5H7NO2.H3N/c1-4-5-14-6-8-15(9-7-14)16-10-12-21(13-11-16)17(22-2)19(25)24-20(26)18(21)23-3;1-2-3-12-4-6-13(7-5-12)14-8-10-15(16)11-9-14;1-2-8-5(7)3-4-6;/h14-18H,4-13H2,1H3,(H,24,25,26);12-14H,2-11H2,1H3;2-3H2,1H3;1H3. The Bertz CT molecular complexity index is 1200. The average molecular weight is 708 g/mol. The number of Topliss-reactive ketones (excluding diaryl/α,β-unsaturated/α-hetero) is 1. The highest BCUT2D eigenvalue weighted by atomic mass is 16.5. The molecule has 10 nitrogen and oxygen atoms in total. The van der Waals surface area contributed by atoms with Crippen molar-refractivity contribution in [1.82, 2.24) is 11.5 Å². The monoisotopic (exact) mass is 707 g/mol. The summed E-state index contributed by atoms with van der Waals surface area (Å²) in [5.41, 5.74) is -0.765. The van der Waals surface area contributed by atoms with Crippen LogP contribution in [0.5, 0.6) is 0 Å². The van der Waals surface area contributed by atoms with Crippen molar-refractivity contribution in [3.05, 3.63) is 22.8 Å². The van der Waals surface area contributed by atoms with Crippen LogP contribution < -0.4 is 11.5 Å². The first-order chi connectivity index (χ1) is 24.2. The van der Waals surface area contributed by atoms with Crippen molar-refractivity contribution in [2.24, 2.45) is 40.9 Å². The Hall–Kier alpha value is -3.29. The van der Waals surface area contributed by atoms with E-state index in [1.54, 1.807) is 13.0 Å². The summed E-state index contributed by atoms with van der Waals surface area (Å²) in [7, 11) is 0. The van der Waals surface area contributed by atoms with Crippen LogP contribution in [0.25, 0.3) is 9.69 Å². The fourth-order valence-electron chi connectivity index (χ4n) is 9.92. The predicted molar refractivity (Wildman–Crippen MR) is 198 cm³/mol. The van der Waals surface area contributed by atoms with Gasteiger partial charge in [0, 0.05) is 12.8 Å². The van der Waals surface area contributed by atoms with Crippen LogP contribution in [0.2, 0.25) is 0 Å². The number of rotatable bonds is 8. The van der Waals surface area contributed by atoms with Gasteiger partial charge in [-0.2, -0.15) is 5.26 Å². The molecular weight excluding hydrogens is 642 g/mol. The Morgan fingerprint density at radius 3 is 1.53 bits per heavy atom. The number of esters is 1. The van der Waals surface area contributed by atoms with E-state index in [4.69, 9.17) is 18.4 Å². The number of hydrogen-bond donors (Lipinski definition) is 2. The fraction of sp³-hybridized carbons (Fsp3) is 0.829. The largest absolute Gasteiger partial charge is 0.465 e. The van der Waals surface area contributed by atoms with Gasteiger partial charge in [-0.1, -0.05) is 65.2 Å². The molecule has 0 bridgehead atoms. The van der Waals surface area contributed by atoms with Gasteiger partial charge >= 0.3 is 29.9 Å². The lowest BCUT2D eigenvalue weighted by Crippen LogP contribution is -2.63. The van der Waals surface area contributed by atoms with E-state index in [1.165, 1.54) is 89.9 Å². The summed E-state index contributed by atoms with van der Waals surface area (Å²) in [6.45, 7) is 21.6. The number of carbonyl (C=O) groups excluding carboxylic acids is 4. The van der Waals surface area contributed by atoms with E-state index in [2.05, 4.69) is 33.6 Å². The molecular formula is C41H65N5O5. The molecule has 0 aromatic carbocycles. The van der Waals surface area contributed by atoms with Gasteiger partial charge in [0.15, 0.2) is 0 Å². The molecule has 1 heterocycles. The number of nitrogens with zero attached hydrogens (tertiary/aromatic N) is 3. The lowest BCUT2D eigenvalue weighted by atomic mass is 9.58. The number of ether oxygens (including phenoxy) is 1. The van der Waals surface area contributed by atoms with Gasteiger partial charge in [0.1, 0.15) is 17.6 Å². The van der Waals surface area contributed by atoms with Crippen molar-refractivity contribution in [2.45, 2.75) is 168 Å². The van der Waals surface area contributed by atoms with Crippen LogP contribution in [0.15, 0.2) is 0 Å². The second-order valence-electron chi connectivity index (χ2n) is 15.6. The molecule has 5 fully saturated rings. The molecule has 0 aromatic heterocycles. The Balaban J connectivity index is 0.000000307. The first-order valence-electron chi connectivity index (χ1n) is 19.8. The minimum atomic E-state index is -0.888. The molecule has 4 saturated carbocycles. The van der Waals surface area contributed by atoms with Crippen molar-refractivity contribution in [3.63, 3.8) is 0 Å². The third kappa shape index (κ3) is 12.4. The number of nitriles is 1. The van der Waals surface area contributed by atoms with Crippen LogP contribution in [0, 0.1) is 65.4 Å². The zero-order valence-corrected chi connectivity index (χ0v) is 31.8. The zero-order valence-electron chi connectivity index (χ0n) is 31.8. The van der Waals surface area contributed by atoms with Gasteiger partial charge in [0.25, 0.3) is 0 Å². The van der Waals surface area contributed by atoms with Crippen LogP contribution in [-0.4, -0.2) is 42.3 Å². The van der Waals surface area contributed by atoms with Crippen LogP contribution in [0.1, 0.15) is 156 Å². The Morgan fingerprint density at radius 1 is 0.745 bits per heavy atom. The SMILES string of the molecule is CCCC1CCC(C2CCC(=O)CC2)CC1.CCOC(=O)CC#N.N.[C-]#[N+]C1C(=O)NC(=O)C([N+]#[C-])C12CCC(C1CCC(CCC)CC1)CC2. The Morgan fingerprint density at radius 2 is 1.16 bits per heavy atom. The molecule has 0 radical (unpaired) electrons. The molecule has 5 aliphatic rings. The lowest BCUT2D eigenvalue weighted by molar-refractivity contribution is -0.142. The maximum Gasteiger partial charge on any atom is 0.320 e. The number of hydrogen-bond acceptors (Lipinski definition) is 7. The molecule has 1 spiro atoms. The number of imide groups is 1. The third-order valence-electron chi connectivity index (χ3n) is 12.7. The quantitative estimate of drug-likeness (QED) is 0.145. The van der Waals surface area contributed by atoms with E-state index in [0.717, 1.165) is 55.3 Å². The molecule has 284 valence electrons. The number of nitrogens with one attached hydrogen (secondary N) is 1. The number of carbonyl (C=O) groups is 4. The minimum Gasteiger partial charge on any atom is -0.465 e. The Labute approximate surface area is 307 Å². The summed E-state index contributed by atoms with van der Waals surface area (Å²) < 4.78 is 4.42. The maximum absolute atomic E-state index is 12.2. The normalized spacial score (nSPS) is 32.2. The predicted octanol–water partition coefficient (Wildman–Crippen LogP) is 8.98. The maximum atomic E-state index is 12.2. The first kappa shape index (κ1) is 43.9. The molecule has 2 unspecified atom stereocenters. The van der Waals surface area contributed by atoms with Gasteiger partial charge in [-0.25, -0.2) is 13.1 Å². The van der Waals surface area contributed by atoms with Crippen LogP contribution >= 0.6 is 0 Å². The third-order valence-corrected chi connectivity index (χ3v) is 12.7. The van der Waals surface area contributed by atoms with Gasteiger partial charge in [-0.3, -0.25) is 24.5 Å². The zero-order chi connectivity index (χ0) is 36.5. The lowest BCUT2D eigenvalue weighted by Gasteiger charge is -2.44. The number of amides is 2. The molecule has 1 aliphatic heterocycles. The van der Waals surface area contributed by atoms with E-state index in [1.807, 2.05) is 0 Å². The molecule has 2 atom stereocenters. The molecule has 4 N–H and O–H groups in total. The van der Waals surface area contributed by atoms with Crippen molar-refractivity contribution >= 4 is 23.6 Å². The van der Waals surface area contributed by atoms with Gasteiger partial charge in [0.05, 0.1) is 12.7 Å². The first-order valence-corrected chi connectivity index (χ1v) is 19.8. The topological polar surface area (TPSA) is 157 Å². The van der Waals surface area contributed by atoms with Crippen molar-refractivity contribution < 1.29 is 23.9 Å². The molecule has 0 aromatic rings. The summed E-state index contributed by atoms with van der Waals surface area (Å²) in [4.78, 5) is 52.9. The second kappa shape index (κ2) is 22.6. The smallest absolute Gasteiger partial charge is 0.320 e. The Kier molecular flexibility index (Phi) is 19.4. The van der Waals surface area contributed by atoms with E-state index in [-0.39, 0.29) is 12.6 Å². The number of ketones is 1. The molecule has 10 heteroatoms. The van der Waals surface area contributed by atoms with Gasteiger partial charge in [-0.15, -0.1) is 0 Å². The van der Waals surface area contributed by atoms with Gasteiger partial charge < -0.3 is 20.6 Å². The summed E-state index contributed by atoms with van der Waals surface area (Å²) in [5, 5.41) is 10.2. The van der Waals surface area contributed by atoms with Crippen LogP contribution in [-0.2, 0) is 23.9 Å². The second-order valence-corrected chi connectivity index (χ2v) is 15.6. The summed E-state index contributed by atoms with van der Waals surface area (Å²) in [6, 6.07) is -0.0990. The van der Waals surface area contributed by atoms with Gasteiger partial charge in [-0.05, 0) is 107 Å². The molecule has 4 aliphatic carbocycles. The van der Waals surface area contributed by atoms with Crippen molar-refractivity contribution in [3.8, 4) is 6.07 Å². The minimum absolute atomic E-state index is 0. The molecule has 5 rings (SSSR count). The average Bonchev–Trinajstić information content (AvgIpc) is 3.11. The van der Waals surface area contributed by atoms with Crippen molar-refractivity contribution in [1.29, 1.82) is 5.26 Å². The fourth-order valence-corrected chi connectivity index (χ4v) is 9.92. The van der Waals surface area contributed by atoms with E-state index in [0.29, 0.717) is 31.1 Å².